The summed E-state index contributed by atoms with van der Waals surface area (Å²) in [4.78, 5) is 33.4. The molecule has 1 aliphatic rings. The number of carbonyl (C=O) groups is 3. The monoisotopic (exact) mass is 326 g/mol. The van der Waals surface area contributed by atoms with Gasteiger partial charge in [-0.05, 0) is 0 Å². The van der Waals surface area contributed by atoms with Crippen molar-refractivity contribution in [3.05, 3.63) is 0 Å². The maximum atomic E-state index is 14.0. The second-order valence-corrected chi connectivity index (χ2v) is 4.71. The van der Waals surface area contributed by atoms with E-state index in [0.29, 0.717) is 0 Å². The van der Waals surface area contributed by atoms with E-state index < -0.39 is 48.7 Å². The average Bonchev–Trinajstić information content (AvgIpc) is 2.35. The molecule has 0 aromatic carbocycles. The van der Waals surface area contributed by atoms with Crippen molar-refractivity contribution in [3.63, 3.8) is 0 Å². The van der Waals surface area contributed by atoms with Gasteiger partial charge in [-0.1, -0.05) is 0 Å². The molecular formula is C12H16ClFO7. The Morgan fingerprint density at radius 1 is 0.952 bits per heavy atom. The highest BCUT2D eigenvalue weighted by Gasteiger charge is 2.51. The van der Waals surface area contributed by atoms with Crippen LogP contribution in [0.2, 0.25) is 0 Å². The Hall–Kier alpha value is -1.41. The molecule has 1 saturated heterocycles. The molecule has 1 unspecified atom stereocenters. The zero-order chi connectivity index (χ0) is 16.2. The first-order chi connectivity index (χ1) is 9.76. The molecule has 0 amide bonds. The summed E-state index contributed by atoms with van der Waals surface area (Å²) in [7, 11) is 0. The van der Waals surface area contributed by atoms with E-state index in [1.54, 1.807) is 0 Å². The molecule has 0 saturated carbocycles. The summed E-state index contributed by atoms with van der Waals surface area (Å²) in [5.41, 5.74) is 0. The van der Waals surface area contributed by atoms with Gasteiger partial charge in [0.2, 0.25) is 6.36 Å². The van der Waals surface area contributed by atoms with Gasteiger partial charge in [0, 0.05) is 20.8 Å². The summed E-state index contributed by atoms with van der Waals surface area (Å²) in [5.74, 6) is -2.45. The number of rotatable bonds is 4. The topological polar surface area (TPSA) is 88.1 Å². The van der Waals surface area contributed by atoms with E-state index in [0.717, 1.165) is 20.8 Å². The summed E-state index contributed by atoms with van der Waals surface area (Å²) in [6.07, 6.45) is -7.17. The number of esters is 3. The average molecular weight is 327 g/mol. The predicted molar refractivity (Wildman–Crippen MR) is 67.2 cm³/mol. The van der Waals surface area contributed by atoms with E-state index >= 15 is 0 Å². The van der Waals surface area contributed by atoms with Crippen molar-refractivity contribution in [1.82, 2.24) is 0 Å². The van der Waals surface area contributed by atoms with Crippen LogP contribution in [0.1, 0.15) is 20.8 Å². The first-order valence-electron chi connectivity index (χ1n) is 6.13. The summed E-state index contributed by atoms with van der Waals surface area (Å²) < 4.78 is 33.6. The Balaban J connectivity index is 3.08. The normalized spacial score (nSPS) is 32.1. The van der Waals surface area contributed by atoms with Gasteiger partial charge < -0.3 is 18.9 Å². The molecule has 0 aliphatic carbocycles. The third kappa shape index (κ3) is 4.82. The lowest BCUT2D eigenvalue weighted by Gasteiger charge is -2.41. The fourth-order valence-electron chi connectivity index (χ4n) is 1.97. The minimum Gasteiger partial charge on any atom is -0.456 e. The molecule has 21 heavy (non-hydrogen) atoms. The molecule has 5 atom stereocenters. The maximum absolute atomic E-state index is 14.0. The van der Waals surface area contributed by atoms with Crippen LogP contribution in [0.4, 0.5) is 4.39 Å². The molecule has 0 radical (unpaired) electrons. The molecule has 9 heteroatoms. The molecule has 1 rings (SSSR count). The lowest BCUT2D eigenvalue weighted by Crippen LogP contribution is -2.60. The van der Waals surface area contributed by atoms with Crippen LogP contribution < -0.4 is 0 Å². The van der Waals surface area contributed by atoms with Crippen molar-refractivity contribution in [2.75, 3.05) is 5.88 Å². The summed E-state index contributed by atoms with van der Waals surface area (Å²) in [6.45, 7) is 3.28. The van der Waals surface area contributed by atoms with Gasteiger partial charge >= 0.3 is 17.9 Å². The zero-order valence-corrected chi connectivity index (χ0v) is 12.5. The van der Waals surface area contributed by atoms with Gasteiger partial charge in [0.1, 0.15) is 6.10 Å². The minimum atomic E-state index is -2.06. The van der Waals surface area contributed by atoms with E-state index in [4.69, 9.17) is 30.5 Å². The number of halogens is 2. The molecule has 0 N–H and O–H groups in total. The third-order valence-corrected chi connectivity index (χ3v) is 2.94. The largest absolute Gasteiger partial charge is 0.456 e. The number of carbonyl (C=O) groups excluding carboxylic acids is 3. The zero-order valence-electron chi connectivity index (χ0n) is 11.7. The van der Waals surface area contributed by atoms with Gasteiger partial charge in [-0.2, -0.15) is 0 Å². The van der Waals surface area contributed by atoms with Crippen LogP contribution in [0.15, 0.2) is 0 Å². The summed E-state index contributed by atoms with van der Waals surface area (Å²) in [6, 6.07) is 0. The van der Waals surface area contributed by atoms with E-state index in [9.17, 15) is 18.8 Å². The number of hydrogen-bond acceptors (Lipinski definition) is 7. The highest BCUT2D eigenvalue weighted by atomic mass is 35.5. The van der Waals surface area contributed by atoms with Gasteiger partial charge in [0.15, 0.2) is 18.3 Å². The van der Waals surface area contributed by atoms with Crippen LogP contribution in [0, 0.1) is 0 Å². The summed E-state index contributed by atoms with van der Waals surface area (Å²) in [5, 5.41) is 0. The Morgan fingerprint density at radius 2 is 1.38 bits per heavy atom. The molecule has 120 valence electrons. The standard InChI is InChI=1S/C12H16ClFO7/c1-5(15)18-9-8(4-13)21-12(14)11(20-7(3)17)10(9)19-6(2)16/h8-12H,4H2,1-3H3/t8-,9-,10+,11-,12?/m1/s1. The van der Waals surface area contributed by atoms with Crippen LogP contribution in [-0.2, 0) is 33.3 Å². The van der Waals surface area contributed by atoms with Crippen molar-refractivity contribution < 1.29 is 37.7 Å². The van der Waals surface area contributed by atoms with Crippen LogP contribution in [0.5, 0.6) is 0 Å². The number of alkyl halides is 2. The number of hydrogen-bond donors (Lipinski definition) is 0. The smallest absolute Gasteiger partial charge is 0.303 e. The van der Waals surface area contributed by atoms with Crippen molar-refractivity contribution in [2.45, 2.75) is 51.5 Å². The molecule has 7 nitrogen and oxygen atoms in total. The first kappa shape index (κ1) is 17.6. The molecular weight excluding hydrogens is 311 g/mol. The molecule has 0 aromatic heterocycles. The highest BCUT2D eigenvalue weighted by Crippen LogP contribution is 2.29. The highest BCUT2D eigenvalue weighted by molar-refractivity contribution is 6.18. The Morgan fingerprint density at radius 3 is 1.81 bits per heavy atom. The Kier molecular flexibility index (Phi) is 6.35. The summed E-state index contributed by atoms with van der Waals surface area (Å²) >= 11 is 5.65. The van der Waals surface area contributed by atoms with Gasteiger partial charge in [0.05, 0.1) is 5.88 Å². The molecule has 0 spiro atoms. The van der Waals surface area contributed by atoms with E-state index in [2.05, 4.69) is 0 Å². The van der Waals surface area contributed by atoms with Gasteiger partial charge in [0.25, 0.3) is 0 Å². The second kappa shape index (κ2) is 7.56. The molecule has 1 aliphatic heterocycles. The minimum absolute atomic E-state index is 0.205. The van der Waals surface area contributed by atoms with Gasteiger partial charge in [-0.3, -0.25) is 14.4 Å². The Bertz CT molecular complexity index is 416. The van der Waals surface area contributed by atoms with Crippen LogP contribution in [-0.4, -0.2) is 54.6 Å². The molecule has 0 bridgehead atoms. The van der Waals surface area contributed by atoms with Crippen molar-refractivity contribution in [2.24, 2.45) is 0 Å². The van der Waals surface area contributed by atoms with Crippen LogP contribution in [0.3, 0.4) is 0 Å². The predicted octanol–water partition coefficient (Wildman–Crippen LogP) is 0.715. The quantitative estimate of drug-likeness (QED) is 0.427. The lowest BCUT2D eigenvalue weighted by molar-refractivity contribution is -0.267. The molecule has 0 aromatic rings. The SMILES string of the molecule is CC(=O)O[C@H]1[C@H](OC(C)=O)[C@@H](OC(C)=O)C(F)O[C@@H]1CCl. The Labute approximate surface area is 125 Å². The van der Waals surface area contributed by atoms with E-state index in [1.807, 2.05) is 0 Å². The molecule has 1 fully saturated rings. The van der Waals surface area contributed by atoms with Crippen LogP contribution >= 0.6 is 11.6 Å². The fourth-order valence-corrected chi connectivity index (χ4v) is 2.21. The molecule has 1 heterocycles. The van der Waals surface area contributed by atoms with Crippen LogP contribution in [0.25, 0.3) is 0 Å². The third-order valence-electron chi connectivity index (χ3n) is 2.64. The maximum Gasteiger partial charge on any atom is 0.303 e. The van der Waals surface area contributed by atoms with Crippen molar-refractivity contribution >= 4 is 29.5 Å². The second-order valence-electron chi connectivity index (χ2n) is 4.40. The first-order valence-corrected chi connectivity index (χ1v) is 6.66. The van der Waals surface area contributed by atoms with E-state index in [1.165, 1.54) is 0 Å². The van der Waals surface area contributed by atoms with Gasteiger partial charge in [-0.25, -0.2) is 4.39 Å². The van der Waals surface area contributed by atoms with E-state index in [-0.39, 0.29) is 5.88 Å². The lowest BCUT2D eigenvalue weighted by atomic mass is 9.99. The van der Waals surface area contributed by atoms with Crippen molar-refractivity contribution in [3.8, 4) is 0 Å². The van der Waals surface area contributed by atoms with Crippen molar-refractivity contribution in [1.29, 1.82) is 0 Å². The number of ether oxygens (including phenoxy) is 4. The fraction of sp³-hybridized carbons (Fsp3) is 0.750. The van der Waals surface area contributed by atoms with Gasteiger partial charge in [-0.15, -0.1) is 11.6 Å².